The maximum atomic E-state index is 11.5. The van der Waals surface area contributed by atoms with Crippen molar-refractivity contribution in [3.8, 4) is 0 Å². The molecule has 0 N–H and O–H groups in total. The Bertz CT molecular complexity index is 171. The van der Waals surface area contributed by atoms with E-state index in [1.165, 1.54) is 25.7 Å². The van der Waals surface area contributed by atoms with Crippen molar-refractivity contribution in [1.29, 1.82) is 0 Å². The predicted molar refractivity (Wildman–Crippen MR) is 63.8 cm³/mol. The van der Waals surface area contributed by atoms with Crippen molar-refractivity contribution < 1.29 is 4.79 Å². The van der Waals surface area contributed by atoms with Crippen molar-refractivity contribution in [2.45, 2.75) is 57.6 Å². The molecule has 0 unspecified atom stereocenters. The van der Waals surface area contributed by atoms with E-state index < -0.39 is 0 Å². The summed E-state index contributed by atoms with van der Waals surface area (Å²) < 4.78 is 0. The van der Waals surface area contributed by atoms with Crippen LogP contribution in [0.1, 0.15) is 52.4 Å². The molecule has 0 heterocycles. The van der Waals surface area contributed by atoms with Gasteiger partial charge >= 0.3 is 0 Å². The van der Waals surface area contributed by atoms with Crippen LogP contribution in [0.5, 0.6) is 0 Å². The van der Waals surface area contributed by atoms with E-state index in [4.69, 9.17) is 0 Å². The van der Waals surface area contributed by atoms with Gasteiger partial charge in [-0.1, -0.05) is 26.7 Å². The molecular weight excluding hydrogens is 192 g/mol. The number of carbonyl (C=O) groups is 1. The molecule has 0 spiro atoms. The Hall–Kier alpha value is 0.0200. The van der Waals surface area contributed by atoms with Gasteiger partial charge in [0, 0.05) is 11.7 Å². The molecule has 2 heteroatoms. The monoisotopic (exact) mass is 214 g/mol. The quantitative estimate of drug-likeness (QED) is 0.671. The molecule has 0 aromatic heterocycles. The first-order chi connectivity index (χ1) is 6.68. The zero-order valence-corrected chi connectivity index (χ0v) is 10.2. The van der Waals surface area contributed by atoms with Gasteiger partial charge in [-0.15, -0.1) is 0 Å². The summed E-state index contributed by atoms with van der Waals surface area (Å²) in [5.74, 6) is 1.88. The van der Waals surface area contributed by atoms with E-state index in [2.05, 4.69) is 13.8 Å². The average molecular weight is 214 g/mol. The fraction of sp³-hybridized carbons (Fsp3) is 0.917. The van der Waals surface area contributed by atoms with E-state index in [0.29, 0.717) is 11.7 Å². The normalized spacial score (nSPS) is 17.9. The summed E-state index contributed by atoms with van der Waals surface area (Å²) in [5, 5.41) is 0.790. The highest BCUT2D eigenvalue weighted by molar-refractivity contribution is 8.00. The minimum atomic E-state index is 0.454. The van der Waals surface area contributed by atoms with E-state index in [-0.39, 0.29) is 0 Å². The molecule has 1 aliphatic rings. The molecule has 0 saturated heterocycles. The first-order valence-electron chi connectivity index (χ1n) is 5.82. The van der Waals surface area contributed by atoms with Crippen LogP contribution in [-0.2, 0) is 4.79 Å². The van der Waals surface area contributed by atoms with E-state index in [9.17, 15) is 4.79 Å². The molecule has 1 fully saturated rings. The van der Waals surface area contributed by atoms with Crippen LogP contribution in [0.4, 0.5) is 0 Å². The number of ketones is 1. The smallest absolute Gasteiger partial charge is 0.142 e. The first-order valence-corrected chi connectivity index (χ1v) is 6.86. The molecule has 1 aliphatic carbocycles. The van der Waals surface area contributed by atoms with Gasteiger partial charge < -0.3 is 0 Å². The Morgan fingerprint density at radius 3 is 2.57 bits per heavy atom. The van der Waals surface area contributed by atoms with Gasteiger partial charge in [0.2, 0.25) is 0 Å². The first kappa shape index (κ1) is 12.1. The maximum absolute atomic E-state index is 11.5. The van der Waals surface area contributed by atoms with Crippen molar-refractivity contribution >= 4 is 17.5 Å². The highest BCUT2D eigenvalue weighted by Crippen LogP contribution is 2.29. The standard InChI is InChI=1S/C12H22OS/c1-10(2)7-8-11(13)9-14-12-5-3-4-6-12/h10,12H,3-9H2,1-2H3. The Kier molecular flexibility index (Phi) is 5.61. The maximum Gasteiger partial charge on any atom is 0.142 e. The second-order valence-electron chi connectivity index (χ2n) is 4.69. The molecule has 0 aromatic carbocycles. The lowest BCUT2D eigenvalue weighted by molar-refractivity contribution is -0.116. The summed E-state index contributed by atoms with van der Waals surface area (Å²) in [5.41, 5.74) is 0. The third-order valence-corrected chi connectivity index (χ3v) is 4.21. The Labute approximate surface area is 92.0 Å². The van der Waals surface area contributed by atoms with E-state index in [1.54, 1.807) is 0 Å². The summed E-state index contributed by atoms with van der Waals surface area (Å²) in [7, 11) is 0. The molecule has 1 rings (SSSR count). The van der Waals surface area contributed by atoms with Gasteiger partial charge in [-0.2, -0.15) is 11.8 Å². The minimum Gasteiger partial charge on any atom is -0.299 e. The Morgan fingerprint density at radius 2 is 2.00 bits per heavy atom. The van der Waals surface area contributed by atoms with Crippen molar-refractivity contribution in [1.82, 2.24) is 0 Å². The zero-order chi connectivity index (χ0) is 10.4. The molecule has 1 saturated carbocycles. The summed E-state index contributed by atoms with van der Waals surface area (Å²) in [6.07, 6.45) is 7.27. The predicted octanol–water partition coefficient (Wildman–Crippen LogP) is 3.67. The number of thioether (sulfide) groups is 1. The van der Waals surface area contributed by atoms with E-state index in [0.717, 1.165) is 23.8 Å². The van der Waals surface area contributed by atoms with Gasteiger partial charge in [-0.3, -0.25) is 4.79 Å². The van der Waals surface area contributed by atoms with Crippen LogP contribution in [0.2, 0.25) is 0 Å². The largest absolute Gasteiger partial charge is 0.299 e. The fourth-order valence-electron chi connectivity index (χ4n) is 1.79. The van der Waals surface area contributed by atoms with E-state index in [1.807, 2.05) is 11.8 Å². The van der Waals surface area contributed by atoms with Crippen molar-refractivity contribution in [2.75, 3.05) is 5.75 Å². The Morgan fingerprint density at radius 1 is 1.36 bits per heavy atom. The van der Waals surface area contributed by atoms with Gasteiger partial charge in [-0.25, -0.2) is 0 Å². The fourth-order valence-corrected chi connectivity index (χ4v) is 3.02. The number of Topliss-reactive ketones (excluding diaryl/α,β-unsaturated/α-hetero) is 1. The van der Waals surface area contributed by atoms with Crippen LogP contribution in [0, 0.1) is 5.92 Å². The highest BCUT2D eigenvalue weighted by atomic mass is 32.2. The topological polar surface area (TPSA) is 17.1 Å². The summed E-state index contributed by atoms with van der Waals surface area (Å²) >= 11 is 1.89. The highest BCUT2D eigenvalue weighted by Gasteiger charge is 2.16. The van der Waals surface area contributed by atoms with Crippen LogP contribution < -0.4 is 0 Å². The van der Waals surface area contributed by atoms with Crippen LogP contribution in [-0.4, -0.2) is 16.8 Å². The lowest BCUT2D eigenvalue weighted by atomic mass is 10.1. The van der Waals surface area contributed by atoms with Crippen LogP contribution >= 0.6 is 11.8 Å². The summed E-state index contributed by atoms with van der Waals surface area (Å²) in [6.45, 7) is 4.36. The molecule has 0 radical (unpaired) electrons. The lowest BCUT2D eigenvalue weighted by Gasteiger charge is -2.08. The lowest BCUT2D eigenvalue weighted by Crippen LogP contribution is -2.06. The second kappa shape index (κ2) is 6.49. The van der Waals surface area contributed by atoms with Crippen molar-refractivity contribution in [3.63, 3.8) is 0 Å². The van der Waals surface area contributed by atoms with Gasteiger partial charge in [0.25, 0.3) is 0 Å². The SMILES string of the molecule is CC(C)CCC(=O)CSC1CCCC1. The second-order valence-corrected chi connectivity index (χ2v) is 5.98. The minimum absolute atomic E-state index is 0.454. The summed E-state index contributed by atoms with van der Waals surface area (Å²) in [6, 6.07) is 0. The van der Waals surface area contributed by atoms with Crippen molar-refractivity contribution in [2.24, 2.45) is 5.92 Å². The van der Waals surface area contributed by atoms with Crippen LogP contribution in [0.25, 0.3) is 0 Å². The number of hydrogen-bond acceptors (Lipinski definition) is 2. The molecule has 14 heavy (non-hydrogen) atoms. The molecule has 0 aromatic rings. The number of hydrogen-bond donors (Lipinski definition) is 0. The molecule has 0 aliphatic heterocycles. The van der Waals surface area contributed by atoms with Crippen molar-refractivity contribution in [3.05, 3.63) is 0 Å². The molecule has 0 atom stereocenters. The molecule has 1 nitrogen and oxygen atoms in total. The van der Waals surface area contributed by atoms with E-state index >= 15 is 0 Å². The number of rotatable bonds is 6. The molecule has 0 bridgehead atoms. The van der Waals surface area contributed by atoms with Gasteiger partial charge in [0.15, 0.2) is 0 Å². The number of carbonyl (C=O) groups excluding carboxylic acids is 1. The zero-order valence-electron chi connectivity index (χ0n) is 9.42. The average Bonchev–Trinajstić information content (AvgIpc) is 2.63. The van der Waals surface area contributed by atoms with Crippen LogP contribution in [0.3, 0.4) is 0 Å². The molecule has 82 valence electrons. The van der Waals surface area contributed by atoms with Crippen LogP contribution in [0.15, 0.2) is 0 Å². The third kappa shape index (κ3) is 5.04. The van der Waals surface area contributed by atoms with Gasteiger partial charge in [0.05, 0.1) is 5.75 Å². The third-order valence-electron chi connectivity index (χ3n) is 2.78. The molecular formula is C12H22OS. The summed E-state index contributed by atoms with van der Waals surface area (Å²) in [4.78, 5) is 11.5. The van der Waals surface area contributed by atoms with Gasteiger partial charge in [-0.05, 0) is 25.2 Å². The van der Waals surface area contributed by atoms with Gasteiger partial charge in [0.1, 0.15) is 5.78 Å². The Balaban J connectivity index is 2.02. The molecule has 0 amide bonds.